The number of H-pyrrole nitrogens is 1. The van der Waals surface area contributed by atoms with E-state index in [0.717, 1.165) is 37.4 Å². The van der Waals surface area contributed by atoms with E-state index >= 15 is 0 Å². The normalized spacial score (nSPS) is 16.3. The molecule has 0 saturated carbocycles. The topological polar surface area (TPSA) is 63.1 Å². The molecule has 0 spiro atoms. The van der Waals surface area contributed by atoms with Gasteiger partial charge in [0.05, 0.1) is 11.6 Å². The highest BCUT2D eigenvalue weighted by Crippen LogP contribution is 2.20. The van der Waals surface area contributed by atoms with Gasteiger partial charge in [-0.3, -0.25) is 4.79 Å². The summed E-state index contributed by atoms with van der Waals surface area (Å²) in [6.45, 7) is 3.71. The molecule has 0 amide bonds. The van der Waals surface area contributed by atoms with Crippen molar-refractivity contribution in [2.45, 2.75) is 0 Å². The van der Waals surface area contributed by atoms with E-state index in [1.54, 1.807) is 18.2 Å². The molecular weight excluding hydrogens is 252 g/mol. The summed E-state index contributed by atoms with van der Waals surface area (Å²) in [5, 5.41) is 10.5. The fourth-order valence-electron chi connectivity index (χ4n) is 2.59. The lowest BCUT2D eigenvalue weighted by atomic mass is 10.1. The highest BCUT2D eigenvalue weighted by Gasteiger charge is 2.16. The number of hydrogen-bond donors (Lipinski definition) is 1. The summed E-state index contributed by atoms with van der Waals surface area (Å²) in [6.07, 6.45) is 0. The number of pyridine rings is 1. The maximum Gasteiger partial charge on any atom is 0.257 e. The SMILES string of the molecule is CN1CCN(c2cc3c(C#N)cccc3c(=O)[nH]2)CC1. The van der Waals surface area contributed by atoms with Gasteiger partial charge in [-0.25, -0.2) is 0 Å². The predicted molar refractivity (Wildman–Crippen MR) is 79.0 cm³/mol. The number of nitrogens with zero attached hydrogens (tertiary/aromatic N) is 3. The summed E-state index contributed by atoms with van der Waals surface area (Å²) in [6, 6.07) is 9.31. The molecule has 0 bridgehead atoms. The number of rotatable bonds is 1. The number of nitrogens with one attached hydrogen (secondary N) is 1. The van der Waals surface area contributed by atoms with E-state index in [1.165, 1.54) is 0 Å². The molecule has 1 fully saturated rings. The number of likely N-dealkylation sites (N-methyl/N-ethyl adjacent to an activating group) is 1. The summed E-state index contributed by atoms with van der Waals surface area (Å²) in [5.74, 6) is 0.804. The highest BCUT2D eigenvalue weighted by molar-refractivity contribution is 5.89. The molecule has 0 unspecified atom stereocenters. The average molecular weight is 268 g/mol. The van der Waals surface area contributed by atoms with Crippen LogP contribution >= 0.6 is 0 Å². The number of aromatic nitrogens is 1. The molecule has 0 aliphatic carbocycles. The predicted octanol–water partition coefficient (Wildman–Crippen LogP) is 1.15. The summed E-state index contributed by atoms with van der Waals surface area (Å²) < 4.78 is 0. The van der Waals surface area contributed by atoms with Crippen LogP contribution in [-0.2, 0) is 0 Å². The van der Waals surface area contributed by atoms with Crippen molar-refractivity contribution in [2.24, 2.45) is 0 Å². The molecule has 0 atom stereocenters. The lowest BCUT2D eigenvalue weighted by molar-refractivity contribution is 0.312. The third-order valence-corrected chi connectivity index (χ3v) is 3.84. The zero-order valence-corrected chi connectivity index (χ0v) is 11.4. The number of fused-ring (bicyclic) bond motifs is 1. The minimum Gasteiger partial charge on any atom is -0.356 e. The molecule has 2 aromatic rings. The zero-order chi connectivity index (χ0) is 14.1. The van der Waals surface area contributed by atoms with Crippen molar-refractivity contribution in [2.75, 3.05) is 38.1 Å². The quantitative estimate of drug-likeness (QED) is 0.842. The van der Waals surface area contributed by atoms with Crippen LogP contribution in [0.25, 0.3) is 10.8 Å². The van der Waals surface area contributed by atoms with Gasteiger partial charge in [-0.2, -0.15) is 5.26 Å². The third kappa shape index (κ3) is 2.15. The van der Waals surface area contributed by atoms with Crippen molar-refractivity contribution in [1.82, 2.24) is 9.88 Å². The minimum absolute atomic E-state index is 0.131. The molecule has 0 radical (unpaired) electrons. The van der Waals surface area contributed by atoms with Gasteiger partial charge in [0.25, 0.3) is 5.56 Å². The van der Waals surface area contributed by atoms with E-state index in [-0.39, 0.29) is 5.56 Å². The first kappa shape index (κ1) is 12.7. The van der Waals surface area contributed by atoms with E-state index in [0.29, 0.717) is 10.9 Å². The second kappa shape index (κ2) is 4.99. The lowest BCUT2D eigenvalue weighted by Crippen LogP contribution is -2.45. The average Bonchev–Trinajstić information content (AvgIpc) is 2.47. The standard InChI is InChI=1S/C15H16N4O/c1-18-5-7-19(8-6-18)14-9-13-11(10-16)3-2-4-12(13)15(20)17-14/h2-4,9H,5-8H2,1H3,(H,17,20). The first-order valence-corrected chi connectivity index (χ1v) is 6.68. The molecule has 5 heteroatoms. The number of benzene rings is 1. The fourth-order valence-corrected chi connectivity index (χ4v) is 2.59. The van der Waals surface area contributed by atoms with E-state index in [4.69, 9.17) is 0 Å². The largest absolute Gasteiger partial charge is 0.356 e. The van der Waals surface area contributed by atoms with Gasteiger partial charge in [-0.05, 0) is 25.2 Å². The Balaban J connectivity index is 2.10. The summed E-state index contributed by atoms with van der Waals surface area (Å²) >= 11 is 0. The number of hydrogen-bond acceptors (Lipinski definition) is 4. The number of piperazine rings is 1. The van der Waals surface area contributed by atoms with Crippen LogP contribution in [-0.4, -0.2) is 43.1 Å². The van der Waals surface area contributed by atoms with Gasteiger partial charge < -0.3 is 14.8 Å². The Kier molecular flexibility index (Phi) is 3.17. The maximum absolute atomic E-state index is 12.2. The van der Waals surface area contributed by atoms with Crippen LogP contribution in [0.2, 0.25) is 0 Å². The molecule has 20 heavy (non-hydrogen) atoms. The van der Waals surface area contributed by atoms with Gasteiger partial charge >= 0.3 is 0 Å². The smallest absolute Gasteiger partial charge is 0.257 e. The monoisotopic (exact) mass is 268 g/mol. The molecule has 2 heterocycles. The van der Waals surface area contributed by atoms with Crippen molar-refractivity contribution in [1.29, 1.82) is 5.26 Å². The highest BCUT2D eigenvalue weighted by atomic mass is 16.1. The van der Waals surface area contributed by atoms with Crippen LogP contribution in [0.15, 0.2) is 29.1 Å². The van der Waals surface area contributed by atoms with Crippen LogP contribution in [0, 0.1) is 11.3 Å². The first-order chi connectivity index (χ1) is 9.69. The Labute approximate surface area is 117 Å². The van der Waals surface area contributed by atoms with Gasteiger partial charge in [0.1, 0.15) is 5.82 Å². The summed E-state index contributed by atoms with van der Waals surface area (Å²) in [4.78, 5) is 19.5. The van der Waals surface area contributed by atoms with Crippen LogP contribution in [0.3, 0.4) is 0 Å². The van der Waals surface area contributed by atoms with Crippen LogP contribution in [0.1, 0.15) is 5.56 Å². The van der Waals surface area contributed by atoms with E-state index in [1.807, 2.05) is 6.07 Å². The first-order valence-electron chi connectivity index (χ1n) is 6.68. The molecule has 1 aliphatic rings. The van der Waals surface area contributed by atoms with Gasteiger partial charge in [-0.15, -0.1) is 0 Å². The molecule has 5 nitrogen and oxygen atoms in total. The Hall–Kier alpha value is -2.32. The second-order valence-electron chi connectivity index (χ2n) is 5.15. The van der Waals surface area contributed by atoms with Gasteiger partial charge in [0.15, 0.2) is 0 Å². The molecule has 102 valence electrons. The molecular formula is C15H16N4O. The molecule has 1 aromatic heterocycles. The van der Waals surface area contributed by atoms with Crippen LogP contribution in [0.5, 0.6) is 0 Å². The summed E-state index contributed by atoms with van der Waals surface area (Å²) in [5.41, 5.74) is 0.414. The van der Waals surface area contributed by atoms with Crippen LogP contribution < -0.4 is 10.5 Å². The molecule has 1 saturated heterocycles. The minimum atomic E-state index is -0.131. The van der Waals surface area contributed by atoms with E-state index < -0.39 is 0 Å². The van der Waals surface area contributed by atoms with Crippen molar-refractivity contribution >= 4 is 16.6 Å². The number of aromatic amines is 1. The van der Waals surface area contributed by atoms with Gasteiger partial charge in [0, 0.05) is 37.0 Å². The van der Waals surface area contributed by atoms with Crippen molar-refractivity contribution < 1.29 is 0 Å². The molecule has 3 rings (SSSR count). The lowest BCUT2D eigenvalue weighted by Gasteiger charge is -2.33. The second-order valence-corrected chi connectivity index (χ2v) is 5.15. The Morgan fingerprint density at radius 2 is 1.95 bits per heavy atom. The van der Waals surface area contributed by atoms with E-state index in [9.17, 15) is 10.1 Å². The third-order valence-electron chi connectivity index (χ3n) is 3.84. The van der Waals surface area contributed by atoms with Gasteiger partial charge in [0.2, 0.25) is 0 Å². The molecule has 1 N–H and O–H groups in total. The number of nitriles is 1. The van der Waals surface area contributed by atoms with Crippen LogP contribution in [0.4, 0.5) is 5.82 Å². The van der Waals surface area contributed by atoms with Gasteiger partial charge in [-0.1, -0.05) is 6.07 Å². The van der Waals surface area contributed by atoms with Crippen molar-refractivity contribution in [3.63, 3.8) is 0 Å². The molecule has 1 aromatic carbocycles. The van der Waals surface area contributed by atoms with E-state index in [2.05, 4.69) is 27.9 Å². The van der Waals surface area contributed by atoms with Crippen molar-refractivity contribution in [3.05, 3.63) is 40.2 Å². The fraction of sp³-hybridized carbons (Fsp3) is 0.333. The zero-order valence-electron chi connectivity index (χ0n) is 11.4. The summed E-state index contributed by atoms with van der Waals surface area (Å²) in [7, 11) is 2.09. The Bertz CT molecular complexity index is 736. The molecule has 1 aliphatic heterocycles. The Morgan fingerprint density at radius 1 is 1.20 bits per heavy atom. The number of anilines is 1. The maximum atomic E-state index is 12.2. The van der Waals surface area contributed by atoms with Crippen molar-refractivity contribution in [3.8, 4) is 6.07 Å². The Morgan fingerprint density at radius 3 is 2.65 bits per heavy atom.